The summed E-state index contributed by atoms with van der Waals surface area (Å²) in [5.74, 6) is -7.13. The average molecular weight is 1040 g/mol. The van der Waals surface area contributed by atoms with Crippen LogP contribution in [0.2, 0.25) is 0 Å². The summed E-state index contributed by atoms with van der Waals surface area (Å²) in [6, 6.07) is -2.99. The van der Waals surface area contributed by atoms with Crippen LogP contribution in [-0.4, -0.2) is 110 Å². The predicted molar refractivity (Wildman–Crippen MR) is 291 cm³/mol. The number of hydrogen-bond donors (Lipinski definition) is 6. The summed E-state index contributed by atoms with van der Waals surface area (Å²) in [6.45, 7) is 15.0. The fraction of sp³-hybridized carbons (Fsp3) is 0.879. The Bertz CT molecular complexity index is 1520. The van der Waals surface area contributed by atoms with Crippen molar-refractivity contribution in [2.75, 3.05) is 13.2 Å². The Morgan fingerprint density at radius 2 is 1.05 bits per heavy atom. The third-order valence-electron chi connectivity index (χ3n) is 13.5. The second-order valence-corrected chi connectivity index (χ2v) is 22.9. The maximum Gasteiger partial charge on any atom is 0.408 e. The molecule has 1 saturated heterocycles. The van der Waals surface area contributed by atoms with Gasteiger partial charge < -0.3 is 45.1 Å². The number of ether oxygens (including phenoxy) is 3. The van der Waals surface area contributed by atoms with E-state index >= 15 is 0 Å². The van der Waals surface area contributed by atoms with E-state index in [2.05, 4.69) is 36.6 Å². The van der Waals surface area contributed by atoms with Crippen molar-refractivity contribution >= 4 is 29.7 Å². The van der Waals surface area contributed by atoms with Crippen LogP contribution in [0, 0.1) is 5.92 Å². The van der Waals surface area contributed by atoms with Crippen molar-refractivity contribution in [2.45, 2.75) is 309 Å². The largest absolute Gasteiger partial charge is 0.460 e. The number of amides is 3. The second-order valence-electron chi connectivity index (χ2n) is 22.9. The fourth-order valence-electron chi connectivity index (χ4n) is 9.45. The molecule has 0 unspecified atom stereocenters. The minimum atomic E-state index is -2.33. The smallest absolute Gasteiger partial charge is 0.408 e. The number of nitrogens with two attached hydrogens (primary N) is 1. The van der Waals surface area contributed by atoms with Crippen molar-refractivity contribution in [3.05, 3.63) is 12.2 Å². The van der Waals surface area contributed by atoms with Gasteiger partial charge in [-0.15, -0.1) is 0 Å². The lowest BCUT2D eigenvalue weighted by Gasteiger charge is -2.53. The molecule has 0 spiro atoms. The van der Waals surface area contributed by atoms with Crippen molar-refractivity contribution in [3.63, 3.8) is 0 Å². The van der Waals surface area contributed by atoms with Crippen LogP contribution in [-0.2, 0) is 33.4 Å². The SMILES string of the molecule is CCCCCCCC/C=C\CCCCCCCC(=O)N(CCCCCCCCCCCCCCCCCC)[C@]1(N)O[C@H](CO)[C@@H](O)[C@H](O)[C@H]1C(=O)[C@H](C)NC(=O)[C@H](CC(=O)OC(C)(C)C)NC(=O)OC(C)(C)C. The van der Waals surface area contributed by atoms with E-state index < -0.39 is 96.1 Å². The van der Waals surface area contributed by atoms with Crippen LogP contribution in [0.5, 0.6) is 0 Å². The van der Waals surface area contributed by atoms with Gasteiger partial charge in [-0.3, -0.25) is 24.9 Å². The molecule has 0 saturated carbocycles. The molecule has 426 valence electrons. The number of aliphatic hydroxyl groups excluding tert-OH is 3. The summed E-state index contributed by atoms with van der Waals surface area (Å²) in [7, 11) is 0. The molecule has 73 heavy (non-hydrogen) atoms. The van der Waals surface area contributed by atoms with E-state index in [4.69, 9.17) is 19.9 Å². The number of esters is 1. The van der Waals surface area contributed by atoms with Crippen LogP contribution in [0.25, 0.3) is 0 Å². The first kappa shape index (κ1) is 67.9. The zero-order valence-corrected chi connectivity index (χ0v) is 47.6. The van der Waals surface area contributed by atoms with Crippen LogP contribution in [0.1, 0.15) is 261 Å². The highest BCUT2D eigenvalue weighted by Gasteiger charge is 2.59. The van der Waals surface area contributed by atoms with Crippen molar-refractivity contribution in [1.29, 1.82) is 0 Å². The third kappa shape index (κ3) is 30.3. The van der Waals surface area contributed by atoms with E-state index in [0.717, 1.165) is 64.2 Å². The number of carbonyl (C=O) groups is 5. The molecule has 7 atom stereocenters. The van der Waals surface area contributed by atoms with Gasteiger partial charge in [0.25, 0.3) is 0 Å². The molecule has 0 aromatic carbocycles. The maximum atomic E-state index is 14.6. The van der Waals surface area contributed by atoms with Gasteiger partial charge in [-0.25, -0.2) is 4.79 Å². The molecule has 1 fully saturated rings. The highest BCUT2D eigenvalue weighted by molar-refractivity contribution is 5.95. The number of unbranched alkanes of at least 4 members (excludes halogenated alkanes) is 26. The Morgan fingerprint density at radius 1 is 0.630 bits per heavy atom. The van der Waals surface area contributed by atoms with Gasteiger partial charge in [-0.05, 0) is 87.0 Å². The average Bonchev–Trinajstić information content (AvgIpc) is 3.30. The van der Waals surface area contributed by atoms with Gasteiger partial charge in [0.05, 0.1) is 25.2 Å². The topological polar surface area (TPSA) is 227 Å². The van der Waals surface area contributed by atoms with Crippen LogP contribution in [0.3, 0.4) is 0 Å². The molecule has 0 aromatic heterocycles. The number of rotatable bonds is 41. The van der Waals surface area contributed by atoms with Crippen LogP contribution in [0.15, 0.2) is 12.2 Å². The summed E-state index contributed by atoms with van der Waals surface area (Å²) in [6.07, 6.45) is 30.8. The number of hydrogen-bond acceptors (Lipinski definition) is 12. The van der Waals surface area contributed by atoms with Gasteiger partial charge in [-0.1, -0.05) is 174 Å². The first-order valence-corrected chi connectivity index (χ1v) is 29.1. The van der Waals surface area contributed by atoms with E-state index in [0.29, 0.717) is 12.8 Å². The molecule has 15 heteroatoms. The number of carbonyl (C=O) groups excluding carboxylic acids is 5. The number of alkyl carbamates (subject to hydrolysis) is 1. The number of aliphatic hydroxyl groups is 3. The second kappa shape index (κ2) is 38.4. The Balaban J connectivity index is 3.18. The zero-order chi connectivity index (χ0) is 54.7. The van der Waals surface area contributed by atoms with Crippen molar-refractivity contribution in [1.82, 2.24) is 15.5 Å². The van der Waals surface area contributed by atoms with Crippen molar-refractivity contribution in [3.8, 4) is 0 Å². The normalized spacial score (nSPS) is 20.1. The lowest BCUT2D eigenvalue weighted by molar-refractivity contribution is -0.291. The quantitative estimate of drug-likeness (QED) is 0.0146. The molecule has 0 radical (unpaired) electrons. The summed E-state index contributed by atoms with van der Waals surface area (Å²) in [5.41, 5.74) is 5.26. The van der Waals surface area contributed by atoms with Gasteiger partial charge in [0.2, 0.25) is 17.7 Å². The first-order valence-electron chi connectivity index (χ1n) is 29.1. The molecule has 0 bridgehead atoms. The van der Waals surface area contributed by atoms with Gasteiger partial charge in [0.15, 0.2) is 5.78 Å². The predicted octanol–water partition coefficient (Wildman–Crippen LogP) is 11.2. The number of ketones is 1. The molecule has 3 amide bonds. The molecular weight excluding hydrogens is 929 g/mol. The minimum absolute atomic E-state index is 0.0854. The number of nitrogens with one attached hydrogen (secondary N) is 2. The molecule has 15 nitrogen and oxygen atoms in total. The fourth-order valence-corrected chi connectivity index (χ4v) is 9.45. The van der Waals surface area contributed by atoms with Crippen molar-refractivity contribution in [2.24, 2.45) is 11.7 Å². The Hall–Kier alpha value is -3.11. The van der Waals surface area contributed by atoms with E-state index in [-0.39, 0.29) is 13.0 Å². The highest BCUT2D eigenvalue weighted by Crippen LogP contribution is 2.37. The molecule has 1 aliphatic rings. The molecule has 0 aromatic rings. The summed E-state index contributed by atoms with van der Waals surface area (Å²) in [4.78, 5) is 70.0. The van der Waals surface area contributed by atoms with Gasteiger partial charge in [0.1, 0.15) is 35.4 Å². The molecule has 0 aliphatic carbocycles. The molecule has 7 N–H and O–H groups in total. The van der Waals surface area contributed by atoms with Crippen molar-refractivity contribution < 1.29 is 53.5 Å². The maximum absolute atomic E-state index is 14.6. The molecule has 1 heterocycles. The number of nitrogens with zero attached hydrogens (tertiary/aromatic N) is 1. The minimum Gasteiger partial charge on any atom is -0.460 e. The van der Waals surface area contributed by atoms with E-state index in [1.165, 1.54) is 121 Å². The summed E-state index contributed by atoms with van der Waals surface area (Å²) in [5, 5.41) is 38.2. The third-order valence-corrected chi connectivity index (χ3v) is 13.5. The molecule has 1 rings (SSSR count). The summed E-state index contributed by atoms with van der Waals surface area (Å²) < 4.78 is 16.9. The van der Waals surface area contributed by atoms with Gasteiger partial charge in [-0.2, -0.15) is 0 Å². The van der Waals surface area contributed by atoms with E-state index in [9.17, 15) is 39.3 Å². The number of allylic oxidation sites excluding steroid dienone is 2. The zero-order valence-electron chi connectivity index (χ0n) is 47.6. The van der Waals surface area contributed by atoms with Crippen LogP contribution in [0.4, 0.5) is 4.79 Å². The highest BCUT2D eigenvalue weighted by atomic mass is 16.6. The lowest BCUT2D eigenvalue weighted by Crippen LogP contribution is -2.76. The molecule has 1 aliphatic heterocycles. The van der Waals surface area contributed by atoms with E-state index in [1.54, 1.807) is 41.5 Å². The number of Topliss-reactive ketones (excluding diaryl/α,β-unsaturated/α-hetero) is 1. The standard InChI is InChI=1S/C58H108N4O11/c1-10-12-14-16-18-20-22-24-26-28-30-32-34-36-38-40-42-62(48(64)41-39-37-35-33-31-29-27-25-23-21-19-17-15-13-11-2)58(59)50(53(68)52(67)47(44-63)71-58)51(66)45(3)60-54(69)46(43-49(65)72-56(4,5)6)61-55(70)73-57(7,8)9/h25,27,45-47,50,52-53,63,67-68H,10-24,26,28-44,59H2,1-9H3,(H,60,69)(H,61,70)/b27-25-/t45-,46-,47+,50+,52+,53+,58-/m0/s1. The Labute approximate surface area is 443 Å². The lowest BCUT2D eigenvalue weighted by atomic mass is 9.80. The van der Waals surface area contributed by atoms with Crippen LogP contribution < -0.4 is 16.4 Å². The van der Waals surface area contributed by atoms with E-state index in [1.807, 2.05) is 0 Å². The molecular formula is C58H108N4O11. The Morgan fingerprint density at radius 3 is 1.49 bits per heavy atom. The van der Waals surface area contributed by atoms with Crippen LogP contribution >= 0.6 is 0 Å². The first-order chi connectivity index (χ1) is 34.6. The monoisotopic (exact) mass is 1040 g/mol. The Kier molecular flexibility index (Phi) is 35.8. The van der Waals surface area contributed by atoms with Gasteiger partial charge >= 0.3 is 12.1 Å². The summed E-state index contributed by atoms with van der Waals surface area (Å²) >= 11 is 0. The van der Waals surface area contributed by atoms with Gasteiger partial charge in [0, 0.05) is 13.0 Å².